The average Bonchev–Trinajstić information content (AvgIpc) is 2.37. The van der Waals surface area contributed by atoms with E-state index in [1.165, 1.54) is 18.2 Å². The van der Waals surface area contributed by atoms with E-state index < -0.39 is 10.0 Å². The smallest absolute Gasteiger partial charge is 0.247 e. The van der Waals surface area contributed by atoms with Crippen molar-refractivity contribution in [1.29, 1.82) is 5.26 Å². The lowest BCUT2D eigenvalue weighted by molar-refractivity contribution is 0.600. The third-order valence-electron chi connectivity index (χ3n) is 2.58. The number of rotatable bonds is 3. The van der Waals surface area contributed by atoms with E-state index in [0.29, 0.717) is 11.4 Å². The molecule has 2 rings (SSSR count). The van der Waals surface area contributed by atoms with Crippen molar-refractivity contribution in [3.8, 4) is 6.07 Å². The molecule has 21 heavy (non-hydrogen) atoms. The van der Waals surface area contributed by atoms with E-state index in [-0.39, 0.29) is 21.4 Å². The van der Waals surface area contributed by atoms with Crippen molar-refractivity contribution in [2.45, 2.75) is 18.7 Å². The van der Waals surface area contributed by atoms with Crippen molar-refractivity contribution in [2.75, 3.05) is 4.72 Å². The average molecular weight is 323 g/mol. The maximum Gasteiger partial charge on any atom is 0.264 e. The Morgan fingerprint density at radius 3 is 2.38 bits per heavy atom. The molecular formula is C13H11ClN4O2S. The fourth-order valence-electron chi connectivity index (χ4n) is 1.71. The van der Waals surface area contributed by atoms with Crippen LogP contribution < -0.4 is 4.72 Å². The molecule has 8 heteroatoms. The molecule has 0 aliphatic carbocycles. The highest BCUT2D eigenvalue weighted by Gasteiger charge is 2.17. The molecule has 0 bridgehead atoms. The Bertz CT molecular complexity index is 823. The molecule has 0 fully saturated rings. The fourth-order valence-corrected chi connectivity index (χ4v) is 2.84. The van der Waals surface area contributed by atoms with E-state index in [1.54, 1.807) is 19.9 Å². The third-order valence-corrected chi connectivity index (χ3v) is 4.23. The summed E-state index contributed by atoms with van der Waals surface area (Å²) in [5.41, 5.74) is 1.38. The van der Waals surface area contributed by atoms with Crippen molar-refractivity contribution in [1.82, 2.24) is 9.97 Å². The Balaban J connectivity index is 2.41. The van der Waals surface area contributed by atoms with Crippen LogP contribution in [0.3, 0.4) is 0 Å². The van der Waals surface area contributed by atoms with Gasteiger partial charge in [0.25, 0.3) is 10.0 Å². The maximum atomic E-state index is 12.3. The number of nitrogens with zero attached hydrogens (tertiary/aromatic N) is 3. The van der Waals surface area contributed by atoms with E-state index >= 15 is 0 Å². The molecule has 1 N–H and O–H groups in total. The van der Waals surface area contributed by atoms with Crippen molar-refractivity contribution >= 4 is 27.6 Å². The number of hydrogen-bond donors (Lipinski definition) is 1. The van der Waals surface area contributed by atoms with Crippen LogP contribution in [0.15, 0.2) is 29.2 Å². The van der Waals surface area contributed by atoms with Crippen LogP contribution in [-0.4, -0.2) is 18.4 Å². The van der Waals surface area contributed by atoms with Gasteiger partial charge >= 0.3 is 0 Å². The summed E-state index contributed by atoms with van der Waals surface area (Å²) in [4.78, 5) is 7.95. The monoisotopic (exact) mass is 322 g/mol. The van der Waals surface area contributed by atoms with Crippen LogP contribution in [0.1, 0.15) is 17.0 Å². The van der Waals surface area contributed by atoms with Crippen LogP contribution in [-0.2, 0) is 10.0 Å². The standard InChI is InChI=1S/C13H11ClN4O2S/c1-8-5-9(2)17-13(16-8)18-21(19,20)11-3-4-12(14)10(6-11)7-15/h3-6H,1-2H3,(H,16,17,18). The second kappa shape index (κ2) is 5.68. The van der Waals surface area contributed by atoms with Gasteiger partial charge < -0.3 is 0 Å². The lowest BCUT2D eigenvalue weighted by atomic mass is 10.2. The first kappa shape index (κ1) is 15.2. The van der Waals surface area contributed by atoms with E-state index in [4.69, 9.17) is 16.9 Å². The molecule has 0 atom stereocenters. The van der Waals surface area contributed by atoms with E-state index in [9.17, 15) is 8.42 Å². The first-order chi connectivity index (χ1) is 9.81. The summed E-state index contributed by atoms with van der Waals surface area (Å²) in [5, 5.41) is 9.09. The zero-order valence-corrected chi connectivity index (χ0v) is 12.8. The molecule has 0 amide bonds. The summed E-state index contributed by atoms with van der Waals surface area (Å²) in [6.07, 6.45) is 0. The Kier molecular flexibility index (Phi) is 4.11. The predicted octanol–water partition coefficient (Wildman–Crippen LogP) is 2.42. The van der Waals surface area contributed by atoms with Crippen LogP contribution in [0.2, 0.25) is 5.02 Å². The molecule has 0 unspecified atom stereocenters. The van der Waals surface area contributed by atoms with Gasteiger partial charge in [0.05, 0.1) is 15.5 Å². The van der Waals surface area contributed by atoms with Crippen molar-refractivity contribution in [3.05, 3.63) is 46.2 Å². The second-order valence-electron chi connectivity index (χ2n) is 4.33. The molecule has 2 aromatic rings. The van der Waals surface area contributed by atoms with Gasteiger partial charge in [0, 0.05) is 11.4 Å². The number of hydrogen-bond acceptors (Lipinski definition) is 5. The summed E-state index contributed by atoms with van der Waals surface area (Å²) in [5.74, 6) is -0.0130. The molecular weight excluding hydrogens is 312 g/mol. The molecule has 6 nitrogen and oxygen atoms in total. The van der Waals surface area contributed by atoms with Crippen LogP contribution in [0.25, 0.3) is 0 Å². The molecule has 0 saturated heterocycles. The summed E-state index contributed by atoms with van der Waals surface area (Å²) < 4.78 is 26.8. The number of nitriles is 1. The van der Waals surface area contributed by atoms with E-state index in [0.717, 1.165) is 0 Å². The Morgan fingerprint density at radius 2 is 1.81 bits per heavy atom. The first-order valence-electron chi connectivity index (χ1n) is 5.86. The topological polar surface area (TPSA) is 95.7 Å². The van der Waals surface area contributed by atoms with Gasteiger partial charge in [0.15, 0.2) is 0 Å². The summed E-state index contributed by atoms with van der Waals surface area (Å²) >= 11 is 5.79. The van der Waals surface area contributed by atoms with Crippen LogP contribution in [0.5, 0.6) is 0 Å². The molecule has 1 aromatic carbocycles. The Labute approximate surface area is 127 Å². The molecule has 108 valence electrons. The first-order valence-corrected chi connectivity index (χ1v) is 7.73. The predicted molar refractivity (Wildman–Crippen MR) is 78.5 cm³/mol. The van der Waals surface area contributed by atoms with Crippen LogP contribution in [0.4, 0.5) is 5.95 Å². The molecule has 0 aliphatic rings. The zero-order chi connectivity index (χ0) is 15.6. The summed E-state index contributed by atoms with van der Waals surface area (Å²) in [7, 11) is -3.88. The molecule has 0 aliphatic heterocycles. The fraction of sp³-hybridized carbons (Fsp3) is 0.154. The van der Waals surface area contributed by atoms with Crippen LogP contribution in [0, 0.1) is 25.2 Å². The largest absolute Gasteiger partial charge is 0.264 e. The van der Waals surface area contributed by atoms with Gasteiger partial charge in [-0.05, 0) is 38.1 Å². The number of sulfonamides is 1. The number of benzene rings is 1. The minimum Gasteiger partial charge on any atom is -0.247 e. The maximum absolute atomic E-state index is 12.3. The number of nitrogens with one attached hydrogen (secondary N) is 1. The van der Waals surface area contributed by atoms with Gasteiger partial charge in [-0.3, -0.25) is 0 Å². The molecule has 0 saturated carbocycles. The van der Waals surface area contributed by atoms with Crippen LogP contribution >= 0.6 is 11.6 Å². The lowest BCUT2D eigenvalue weighted by Gasteiger charge is -2.08. The minimum atomic E-state index is -3.88. The SMILES string of the molecule is Cc1cc(C)nc(NS(=O)(=O)c2ccc(Cl)c(C#N)c2)n1. The van der Waals surface area contributed by atoms with Crippen molar-refractivity contribution in [3.63, 3.8) is 0 Å². The molecule has 1 heterocycles. The van der Waals surface area contributed by atoms with E-state index in [2.05, 4.69) is 14.7 Å². The van der Waals surface area contributed by atoms with Crippen molar-refractivity contribution < 1.29 is 8.42 Å². The second-order valence-corrected chi connectivity index (χ2v) is 6.42. The molecule has 0 radical (unpaired) electrons. The normalized spacial score (nSPS) is 11.0. The molecule has 1 aromatic heterocycles. The Hall–Kier alpha value is -2.17. The van der Waals surface area contributed by atoms with Crippen molar-refractivity contribution in [2.24, 2.45) is 0 Å². The van der Waals surface area contributed by atoms with Gasteiger partial charge in [-0.2, -0.15) is 5.26 Å². The number of aromatic nitrogens is 2. The lowest BCUT2D eigenvalue weighted by Crippen LogP contribution is -2.16. The molecule has 0 spiro atoms. The van der Waals surface area contributed by atoms with Gasteiger partial charge in [0.2, 0.25) is 5.95 Å². The minimum absolute atomic E-state index is 0.0130. The highest BCUT2D eigenvalue weighted by molar-refractivity contribution is 7.92. The highest BCUT2D eigenvalue weighted by atomic mass is 35.5. The van der Waals surface area contributed by atoms with Gasteiger partial charge in [-0.1, -0.05) is 11.6 Å². The zero-order valence-electron chi connectivity index (χ0n) is 11.3. The highest BCUT2D eigenvalue weighted by Crippen LogP contribution is 2.21. The Morgan fingerprint density at radius 1 is 1.19 bits per heavy atom. The summed E-state index contributed by atoms with van der Waals surface area (Å²) in [6, 6.07) is 7.44. The number of halogens is 1. The third kappa shape index (κ3) is 3.48. The summed E-state index contributed by atoms with van der Waals surface area (Å²) in [6.45, 7) is 3.48. The number of anilines is 1. The van der Waals surface area contributed by atoms with Gasteiger partial charge in [-0.15, -0.1) is 0 Å². The van der Waals surface area contributed by atoms with Gasteiger partial charge in [0.1, 0.15) is 6.07 Å². The van der Waals surface area contributed by atoms with Gasteiger partial charge in [-0.25, -0.2) is 23.1 Å². The number of aryl methyl sites for hydroxylation is 2. The van der Waals surface area contributed by atoms with E-state index in [1.807, 2.05) is 6.07 Å². The quantitative estimate of drug-likeness (QED) is 0.936.